The molecule has 164 valence electrons. The highest BCUT2D eigenvalue weighted by Gasteiger charge is 2.35. The van der Waals surface area contributed by atoms with Crippen molar-refractivity contribution in [2.24, 2.45) is 0 Å². The van der Waals surface area contributed by atoms with E-state index in [1.807, 2.05) is 24.3 Å². The second kappa shape index (κ2) is 9.01. The maximum absolute atomic E-state index is 14.8. The van der Waals surface area contributed by atoms with Gasteiger partial charge in [-0.15, -0.1) is 0 Å². The lowest BCUT2D eigenvalue weighted by Gasteiger charge is -2.25. The summed E-state index contributed by atoms with van der Waals surface area (Å²) in [5.41, 5.74) is 2.80. The number of nitrogens with zero attached hydrogens (tertiary/aromatic N) is 1. The Bertz CT molecular complexity index is 972. The van der Waals surface area contributed by atoms with E-state index in [1.165, 1.54) is 15.9 Å². The van der Waals surface area contributed by atoms with Gasteiger partial charge >= 0.3 is 0 Å². The van der Waals surface area contributed by atoms with Crippen molar-refractivity contribution in [1.29, 1.82) is 0 Å². The summed E-state index contributed by atoms with van der Waals surface area (Å²) in [5, 5.41) is 21.8. The normalized spacial score (nSPS) is 18.5. The first kappa shape index (κ1) is 21.2. The average molecular weight is 429 g/mol. The van der Waals surface area contributed by atoms with Crippen LogP contribution in [0.5, 0.6) is 5.75 Å². The van der Waals surface area contributed by atoms with E-state index < -0.39 is 29.1 Å². The van der Waals surface area contributed by atoms with Gasteiger partial charge in [-0.25, -0.2) is 9.87 Å². The smallest absolute Gasteiger partial charge is 0.278 e. The zero-order valence-electron chi connectivity index (χ0n) is 16.8. The highest BCUT2D eigenvalue weighted by Crippen LogP contribution is 2.31. The SMILES string of the molecule is O=C(NO)c1cc(F)c(N(Cc2ccc(C3CCOCC3)cc2)C(=O)C2CN2)cc1O. The number of ether oxygens (including phenoxy) is 1. The Morgan fingerprint density at radius 2 is 1.87 bits per heavy atom. The van der Waals surface area contributed by atoms with Crippen LogP contribution in [0.25, 0.3) is 0 Å². The van der Waals surface area contributed by atoms with E-state index in [1.54, 1.807) is 0 Å². The molecular formula is C22H24FN3O5. The molecule has 31 heavy (non-hydrogen) atoms. The molecular weight excluding hydrogens is 405 g/mol. The van der Waals surface area contributed by atoms with Crippen LogP contribution in [0.1, 0.15) is 40.2 Å². The molecule has 0 bridgehead atoms. The number of nitrogens with one attached hydrogen (secondary N) is 2. The predicted octanol–water partition coefficient (Wildman–Crippen LogP) is 2.05. The molecule has 2 amide bonds. The van der Waals surface area contributed by atoms with Gasteiger partial charge in [0, 0.05) is 25.8 Å². The van der Waals surface area contributed by atoms with Crippen LogP contribution in [0.3, 0.4) is 0 Å². The number of phenolic OH excluding ortho intramolecular Hbond substituents is 1. The minimum Gasteiger partial charge on any atom is -0.507 e. The van der Waals surface area contributed by atoms with Crippen molar-refractivity contribution < 1.29 is 29.0 Å². The number of carbonyl (C=O) groups is 2. The zero-order valence-corrected chi connectivity index (χ0v) is 16.8. The minimum absolute atomic E-state index is 0.104. The van der Waals surface area contributed by atoms with E-state index in [0.29, 0.717) is 12.5 Å². The van der Waals surface area contributed by atoms with Gasteiger partial charge in [-0.2, -0.15) is 0 Å². The minimum atomic E-state index is -1.05. The molecule has 2 heterocycles. The molecule has 1 atom stereocenters. The van der Waals surface area contributed by atoms with Gasteiger partial charge in [-0.1, -0.05) is 24.3 Å². The van der Waals surface area contributed by atoms with E-state index in [2.05, 4.69) is 5.32 Å². The molecule has 0 aromatic heterocycles. The monoisotopic (exact) mass is 429 g/mol. The number of halogens is 1. The lowest BCUT2D eigenvalue weighted by atomic mass is 9.91. The Labute approximate surface area is 178 Å². The molecule has 2 aliphatic rings. The maximum atomic E-state index is 14.8. The predicted molar refractivity (Wildman–Crippen MR) is 110 cm³/mol. The number of hydroxylamine groups is 1. The zero-order chi connectivity index (χ0) is 22.0. The fraction of sp³-hybridized carbons (Fsp3) is 0.364. The molecule has 2 saturated heterocycles. The number of hydrogen-bond acceptors (Lipinski definition) is 6. The Morgan fingerprint density at radius 1 is 1.19 bits per heavy atom. The van der Waals surface area contributed by atoms with Gasteiger partial charge in [0.05, 0.1) is 23.8 Å². The largest absolute Gasteiger partial charge is 0.507 e. The molecule has 0 spiro atoms. The van der Waals surface area contributed by atoms with Crippen LogP contribution in [0.2, 0.25) is 0 Å². The number of aromatic hydroxyl groups is 1. The number of anilines is 1. The summed E-state index contributed by atoms with van der Waals surface area (Å²) in [7, 11) is 0. The van der Waals surface area contributed by atoms with Gasteiger partial charge in [-0.3, -0.25) is 14.8 Å². The van der Waals surface area contributed by atoms with Crippen molar-refractivity contribution in [2.75, 3.05) is 24.7 Å². The first-order valence-corrected chi connectivity index (χ1v) is 10.2. The van der Waals surface area contributed by atoms with Gasteiger partial charge in [0.15, 0.2) is 0 Å². The van der Waals surface area contributed by atoms with Gasteiger partial charge in [0.1, 0.15) is 11.6 Å². The molecule has 0 aliphatic carbocycles. The van der Waals surface area contributed by atoms with Crippen LogP contribution >= 0.6 is 0 Å². The average Bonchev–Trinajstić information content (AvgIpc) is 3.64. The molecule has 8 nitrogen and oxygen atoms in total. The van der Waals surface area contributed by atoms with Crippen molar-refractivity contribution in [3.8, 4) is 5.75 Å². The van der Waals surface area contributed by atoms with Crippen LogP contribution in [-0.4, -0.2) is 47.9 Å². The Kier molecular flexibility index (Phi) is 6.17. The maximum Gasteiger partial charge on any atom is 0.278 e. The van der Waals surface area contributed by atoms with Crippen LogP contribution in [0, 0.1) is 5.82 Å². The van der Waals surface area contributed by atoms with E-state index in [0.717, 1.165) is 43.8 Å². The molecule has 2 fully saturated rings. The second-order valence-electron chi connectivity index (χ2n) is 7.78. The fourth-order valence-corrected chi connectivity index (χ4v) is 3.81. The summed E-state index contributed by atoms with van der Waals surface area (Å²) < 4.78 is 20.2. The Balaban J connectivity index is 1.60. The molecule has 2 aliphatic heterocycles. The first-order valence-electron chi connectivity index (χ1n) is 10.2. The lowest BCUT2D eigenvalue weighted by molar-refractivity contribution is -0.118. The van der Waals surface area contributed by atoms with E-state index >= 15 is 0 Å². The number of amides is 2. The number of hydrogen-bond donors (Lipinski definition) is 4. The van der Waals surface area contributed by atoms with Crippen LogP contribution in [0.4, 0.5) is 10.1 Å². The number of carbonyl (C=O) groups excluding carboxylic acids is 2. The summed E-state index contributed by atoms with van der Waals surface area (Å²) in [4.78, 5) is 25.7. The summed E-state index contributed by atoms with van der Waals surface area (Å²) >= 11 is 0. The quantitative estimate of drug-likeness (QED) is 0.317. The molecule has 9 heteroatoms. The molecule has 1 unspecified atom stereocenters. The molecule has 2 aromatic rings. The second-order valence-corrected chi connectivity index (χ2v) is 7.78. The summed E-state index contributed by atoms with van der Waals surface area (Å²) in [5.74, 6) is -2.33. The van der Waals surface area contributed by atoms with Crippen molar-refractivity contribution in [2.45, 2.75) is 31.3 Å². The van der Waals surface area contributed by atoms with E-state index in [-0.39, 0.29) is 18.1 Å². The number of rotatable bonds is 6. The van der Waals surface area contributed by atoms with Gasteiger partial charge < -0.3 is 20.1 Å². The molecule has 0 saturated carbocycles. The third-order valence-corrected chi connectivity index (χ3v) is 5.69. The topological polar surface area (TPSA) is 121 Å². The van der Waals surface area contributed by atoms with Crippen molar-refractivity contribution in [3.05, 3.63) is 58.9 Å². The highest BCUT2D eigenvalue weighted by atomic mass is 19.1. The summed E-state index contributed by atoms with van der Waals surface area (Å²) in [6, 6.07) is 9.27. The van der Waals surface area contributed by atoms with Crippen molar-refractivity contribution in [1.82, 2.24) is 10.8 Å². The third-order valence-electron chi connectivity index (χ3n) is 5.69. The third kappa shape index (κ3) is 4.68. The van der Waals surface area contributed by atoms with E-state index in [4.69, 9.17) is 9.94 Å². The summed E-state index contributed by atoms with van der Waals surface area (Å²) in [6.07, 6.45) is 1.94. The first-order chi connectivity index (χ1) is 15.0. The van der Waals surface area contributed by atoms with Crippen LogP contribution in [0.15, 0.2) is 36.4 Å². The van der Waals surface area contributed by atoms with Gasteiger partial charge in [0.2, 0.25) is 5.91 Å². The van der Waals surface area contributed by atoms with Crippen LogP contribution < -0.4 is 15.7 Å². The fourth-order valence-electron chi connectivity index (χ4n) is 3.81. The molecule has 4 rings (SSSR count). The number of phenols is 1. The van der Waals surface area contributed by atoms with Crippen molar-refractivity contribution in [3.63, 3.8) is 0 Å². The number of benzene rings is 2. The Hall–Kier alpha value is -3.01. The highest BCUT2D eigenvalue weighted by molar-refractivity contribution is 6.01. The lowest BCUT2D eigenvalue weighted by Crippen LogP contribution is -2.35. The van der Waals surface area contributed by atoms with Gasteiger partial charge in [0.25, 0.3) is 5.91 Å². The molecule has 4 N–H and O–H groups in total. The van der Waals surface area contributed by atoms with Gasteiger partial charge in [-0.05, 0) is 36.0 Å². The van der Waals surface area contributed by atoms with Crippen LogP contribution in [-0.2, 0) is 16.1 Å². The summed E-state index contributed by atoms with van der Waals surface area (Å²) in [6.45, 7) is 2.09. The molecule has 2 aromatic carbocycles. The molecule has 0 radical (unpaired) electrons. The van der Waals surface area contributed by atoms with E-state index in [9.17, 15) is 19.1 Å². The Morgan fingerprint density at radius 3 is 2.48 bits per heavy atom. The standard InChI is InChI=1S/C22H24FN3O5/c23-17-9-16(21(28)25-30)20(27)10-19(17)26(22(29)18-11-24-18)12-13-1-3-14(4-2-13)15-5-7-31-8-6-15/h1-4,9-10,15,18,24,27,30H,5-8,11-12H2,(H,25,28). The van der Waals surface area contributed by atoms with Crippen molar-refractivity contribution >= 4 is 17.5 Å².